The van der Waals surface area contributed by atoms with E-state index in [-0.39, 0.29) is 0 Å². The number of nitrogens with zero attached hydrogens (tertiary/aromatic N) is 3. The van der Waals surface area contributed by atoms with Gasteiger partial charge in [0.25, 0.3) is 0 Å². The highest BCUT2D eigenvalue weighted by Gasteiger charge is 2.20. The molecule has 3 nitrogen and oxygen atoms in total. The van der Waals surface area contributed by atoms with Crippen LogP contribution in [0.5, 0.6) is 0 Å². The molecule has 52 heavy (non-hydrogen) atoms. The Balaban J connectivity index is 1.19. The molecular weight excluding hydrogens is 631 g/mol. The Hall–Kier alpha value is -7.15. The van der Waals surface area contributed by atoms with E-state index in [1.165, 1.54) is 60.4 Å². The average molecular weight is 662 g/mol. The molecule has 0 atom stereocenters. The first-order valence-corrected chi connectivity index (χ1v) is 17.6. The molecule has 0 radical (unpaired) electrons. The molecule has 0 unspecified atom stereocenters. The lowest BCUT2D eigenvalue weighted by molar-refractivity contribution is 1.18. The van der Waals surface area contributed by atoms with Gasteiger partial charge in [-0.25, -0.2) is 0 Å². The van der Waals surface area contributed by atoms with Crippen molar-refractivity contribution < 1.29 is 0 Å². The zero-order chi connectivity index (χ0) is 34.6. The van der Waals surface area contributed by atoms with Gasteiger partial charge in [-0.1, -0.05) is 127 Å². The van der Waals surface area contributed by atoms with Gasteiger partial charge in [-0.3, -0.25) is 0 Å². The van der Waals surface area contributed by atoms with Crippen molar-refractivity contribution >= 4 is 43.6 Å². The van der Waals surface area contributed by atoms with Crippen molar-refractivity contribution in [3.63, 3.8) is 0 Å². The summed E-state index contributed by atoms with van der Waals surface area (Å²) in [7, 11) is 0. The quantitative estimate of drug-likeness (QED) is 0.181. The molecule has 10 rings (SSSR count). The van der Waals surface area contributed by atoms with Gasteiger partial charge in [0.15, 0.2) is 0 Å². The van der Waals surface area contributed by atoms with E-state index in [2.05, 4.69) is 179 Å². The fourth-order valence-electron chi connectivity index (χ4n) is 8.11. The van der Waals surface area contributed by atoms with E-state index in [1.54, 1.807) is 0 Å². The van der Waals surface area contributed by atoms with Crippen LogP contribution in [0.15, 0.2) is 188 Å². The van der Waals surface area contributed by atoms with Gasteiger partial charge < -0.3 is 9.13 Å². The molecule has 2 aromatic heterocycles. The van der Waals surface area contributed by atoms with Crippen LogP contribution in [0.3, 0.4) is 0 Å². The number of hydrogen-bond acceptors (Lipinski definition) is 1. The molecule has 0 aliphatic rings. The summed E-state index contributed by atoms with van der Waals surface area (Å²) in [5.74, 6) is 0. The van der Waals surface area contributed by atoms with E-state index in [0.717, 1.165) is 28.0 Å². The third-order valence-electron chi connectivity index (χ3n) is 10.4. The molecular formula is C49H31N3. The molecule has 0 saturated heterocycles. The highest BCUT2D eigenvalue weighted by atomic mass is 15.0. The number of para-hydroxylation sites is 4. The minimum absolute atomic E-state index is 0.654. The highest BCUT2D eigenvalue weighted by molar-refractivity contribution is 6.15. The number of hydrogen-bond donors (Lipinski definition) is 0. The van der Waals surface area contributed by atoms with Gasteiger partial charge in [0.1, 0.15) is 0 Å². The first-order chi connectivity index (χ1) is 25.8. The molecule has 2 heterocycles. The fourth-order valence-corrected chi connectivity index (χ4v) is 8.11. The van der Waals surface area contributed by atoms with Crippen LogP contribution in [0.1, 0.15) is 5.56 Å². The molecule has 0 aliphatic carbocycles. The van der Waals surface area contributed by atoms with Crippen molar-refractivity contribution in [2.75, 3.05) is 0 Å². The number of fused-ring (bicyclic) bond motifs is 6. The van der Waals surface area contributed by atoms with E-state index < -0.39 is 0 Å². The summed E-state index contributed by atoms with van der Waals surface area (Å²) in [6.45, 7) is 0. The standard InChI is InChI=1S/C49H31N3/c50-32-33-25-28-36(29-26-33)51-46-23-10-9-20-42(46)45-31-34(27-30-48(45)51)37-15-4-5-16-38(37)39-17-6-7-18-40(39)43-21-12-22-44-41-19-8-11-24-47(41)52(49(43)44)35-13-2-1-3-14-35/h1-31H. The molecule has 0 spiro atoms. The molecule has 0 aliphatic heterocycles. The number of benzene rings is 8. The Morgan fingerprint density at radius 2 is 0.846 bits per heavy atom. The van der Waals surface area contributed by atoms with Crippen molar-refractivity contribution in [1.82, 2.24) is 9.13 Å². The second-order valence-electron chi connectivity index (χ2n) is 13.2. The third-order valence-corrected chi connectivity index (χ3v) is 10.4. The van der Waals surface area contributed by atoms with Crippen molar-refractivity contribution in [2.24, 2.45) is 0 Å². The summed E-state index contributed by atoms with van der Waals surface area (Å²) in [4.78, 5) is 0. The largest absolute Gasteiger partial charge is 0.309 e. The van der Waals surface area contributed by atoms with E-state index in [4.69, 9.17) is 0 Å². The van der Waals surface area contributed by atoms with Crippen LogP contribution in [0, 0.1) is 11.3 Å². The van der Waals surface area contributed by atoms with Crippen LogP contribution in [0.4, 0.5) is 0 Å². The molecule has 0 saturated carbocycles. The van der Waals surface area contributed by atoms with Crippen molar-refractivity contribution in [2.45, 2.75) is 0 Å². The molecule has 0 fully saturated rings. The van der Waals surface area contributed by atoms with Crippen molar-refractivity contribution in [1.29, 1.82) is 5.26 Å². The van der Waals surface area contributed by atoms with Gasteiger partial charge >= 0.3 is 0 Å². The number of rotatable bonds is 5. The summed E-state index contributed by atoms with van der Waals surface area (Å²) >= 11 is 0. The Labute approximate surface area is 301 Å². The Morgan fingerprint density at radius 3 is 1.56 bits per heavy atom. The van der Waals surface area contributed by atoms with Gasteiger partial charge in [0.05, 0.1) is 33.7 Å². The van der Waals surface area contributed by atoms with Crippen LogP contribution < -0.4 is 0 Å². The lowest BCUT2D eigenvalue weighted by atomic mass is 9.88. The van der Waals surface area contributed by atoms with Crippen LogP contribution in [0.2, 0.25) is 0 Å². The predicted molar refractivity (Wildman–Crippen MR) is 216 cm³/mol. The Kier molecular flexibility index (Phi) is 6.87. The topological polar surface area (TPSA) is 33.6 Å². The Morgan fingerprint density at radius 1 is 0.346 bits per heavy atom. The van der Waals surface area contributed by atoms with Gasteiger partial charge in [0.2, 0.25) is 0 Å². The maximum atomic E-state index is 9.41. The maximum Gasteiger partial charge on any atom is 0.0991 e. The predicted octanol–water partition coefficient (Wildman–Crippen LogP) is 12.8. The smallest absolute Gasteiger partial charge is 0.0991 e. The third kappa shape index (κ3) is 4.59. The second-order valence-corrected chi connectivity index (χ2v) is 13.2. The van der Waals surface area contributed by atoms with Gasteiger partial charge in [0, 0.05) is 38.5 Å². The normalized spacial score (nSPS) is 11.4. The monoisotopic (exact) mass is 661 g/mol. The summed E-state index contributed by atoms with van der Waals surface area (Å²) < 4.78 is 4.71. The van der Waals surface area contributed by atoms with Gasteiger partial charge in [-0.2, -0.15) is 5.26 Å². The molecule has 0 N–H and O–H groups in total. The first kappa shape index (κ1) is 29.7. The van der Waals surface area contributed by atoms with Gasteiger partial charge in [-0.15, -0.1) is 0 Å². The molecule has 0 bridgehead atoms. The van der Waals surface area contributed by atoms with E-state index in [1.807, 2.05) is 24.3 Å². The number of aromatic nitrogens is 2. The Bertz CT molecular complexity index is 3010. The number of nitriles is 1. The SMILES string of the molecule is N#Cc1ccc(-n2c3ccccc3c3cc(-c4ccccc4-c4ccccc4-c4cccc5c6ccccc6n(-c6ccccc6)c45)ccc32)cc1. The highest BCUT2D eigenvalue weighted by Crippen LogP contribution is 2.44. The second kappa shape index (κ2) is 12.0. The minimum Gasteiger partial charge on any atom is -0.309 e. The van der Waals surface area contributed by atoms with E-state index >= 15 is 0 Å². The molecule has 242 valence electrons. The zero-order valence-corrected chi connectivity index (χ0v) is 28.2. The maximum absolute atomic E-state index is 9.41. The van der Waals surface area contributed by atoms with Crippen LogP contribution in [0.25, 0.3) is 88.4 Å². The molecule has 3 heteroatoms. The lowest BCUT2D eigenvalue weighted by Gasteiger charge is -2.17. The molecule has 10 aromatic rings. The van der Waals surface area contributed by atoms with E-state index in [0.29, 0.717) is 5.56 Å². The van der Waals surface area contributed by atoms with Crippen LogP contribution in [-0.2, 0) is 0 Å². The minimum atomic E-state index is 0.654. The van der Waals surface area contributed by atoms with Crippen molar-refractivity contribution in [3.05, 3.63) is 194 Å². The van der Waals surface area contributed by atoms with Crippen LogP contribution in [-0.4, -0.2) is 9.13 Å². The molecule has 0 amide bonds. The van der Waals surface area contributed by atoms with E-state index in [9.17, 15) is 5.26 Å². The van der Waals surface area contributed by atoms with Crippen molar-refractivity contribution in [3.8, 4) is 50.8 Å². The summed E-state index contributed by atoms with van der Waals surface area (Å²) in [6, 6.07) is 69.2. The molecule has 8 aromatic carbocycles. The average Bonchev–Trinajstić information content (AvgIpc) is 3.74. The fraction of sp³-hybridized carbons (Fsp3) is 0. The lowest BCUT2D eigenvalue weighted by Crippen LogP contribution is -1.96. The summed E-state index contributed by atoms with van der Waals surface area (Å²) in [5, 5.41) is 14.3. The summed E-state index contributed by atoms with van der Waals surface area (Å²) in [5.41, 5.74) is 14.6. The zero-order valence-electron chi connectivity index (χ0n) is 28.2. The van der Waals surface area contributed by atoms with Crippen LogP contribution >= 0.6 is 0 Å². The first-order valence-electron chi connectivity index (χ1n) is 17.6. The summed E-state index contributed by atoms with van der Waals surface area (Å²) in [6.07, 6.45) is 0. The van der Waals surface area contributed by atoms with Gasteiger partial charge in [-0.05, 0) is 88.5 Å².